The topological polar surface area (TPSA) is 80.3 Å². The molecule has 0 atom stereocenters. The van der Waals surface area contributed by atoms with Crippen molar-refractivity contribution in [3.8, 4) is 11.6 Å². The molecule has 3 saturated carbocycles. The number of urea groups is 1. The van der Waals surface area contributed by atoms with E-state index in [1.54, 1.807) is 30.5 Å². The number of rotatable bonds is 4. The molecule has 3 fully saturated rings. The van der Waals surface area contributed by atoms with E-state index in [0.29, 0.717) is 23.2 Å². The largest absolute Gasteiger partial charge is 0.439 e. The van der Waals surface area contributed by atoms with E-state index < -0.39 is 6.03 Å². The van der Waals surface area contributed by atoms with Crippen molar-refractivity contribution in [2.45, 2.75) is 26.2 Å². The Kier molecular flexibility index (Phi) is 3.67. The number of anilines is 1. The Labute approximate surface area is 145 Å². The summed E-state index contributed by atoms with van der Waals surface area (Å²) in [6.45, 7) is 1.88. The second-order valence-electron chi connectivity index (χ2n) is 6.92. The molecule has 6 heteroatoms. The fraction of sp³-hybridized carbons (Fsp3) is 0.316. The molecule has 3 aliphatic rings. The molecule has 0 aliphatic heterocycles. The number of amides is 3. The summed E-state index contributed by atoms with van der Waals surface area (Å²) >= 11 is 0. The van der Waals surface area contributed by atoms with Gasteiger partial charge in [0.1, 0.15) is 5.75 Å². The number of ether oxygens (including phenoxy) is 1. The van der Waals surface area contributed by atoms with Crippen LogP contribution in [-0.2, 0) is 4.79 Å². The van der Waals surface area contributed by atoms with Gasteiger partial charge in [0, 0.05) is 18.0 Å². The first-order chi connectivity index (χ1) is 12.0. The number of imide groups is 1. The summed E-state index contributed by atoms with van der Waals surface area (Å²) in [5.41, 5.74) is 1.20. The summed E-state index contributed by atoms with van der Waals surface area (Å²) in [6.07, 6.45) is 4.42. The normalized spacial score (nSPS) is 23.0. The summed E-state index contributed by atoms with van der Waals surface area (Å²) in [7, 11) is 0. The van der Waals surface area contributed by atoms with Gasteiger partial charge in [0.25, 0.3) is 0 Å². The highest BCUT2D eigenvalue weighted by atomic mass is 16.5. The van der Waals surface area contributed by atoms with Crippen molar-refractivity contribution in [2.75, 3.05) is 5.32 Å². The molecule has 128 valence electrons. The quantitative estimate of drug-likeness (QED) is 0.893. The molecule has 1 heterocycles. The highest BCUT2D eigenvalue weighted by Crippen LogP contribution is 2.64. The molecule has 0 unspecified atom stereocenters. The Morgan fingerprint density at radius 3 is 2.60 bits per heavy atom. The van der Waals surface area contributed by atoms with Crippen LogP contribution in [0.3, 0.4) is 0 Å². The highest BCUT2D eigenvalue weighted by molar-refractivity contribution is 6.04. The summed E-state index contributed by atoms with van der Waals surface area (Å²) in [5.74, 6) is 1.71. The molecular formula is C19H19N3O3. The number of hydrogen-bond acceptors (Lipinski definition) is 4. The maximum atomic E-state index is 12.1. The standard InChI is InChI=1S/C19H19N3O3/c1-12-8-14(5-6-15(12)25-16-4-2-3-7-20-16)21-18(24)22-17(23)19-9-13(10-19)11-19/h2-8,13H,9-11H2,1H3,(H2,21,22,23,24). The van der Waals surface area contributed by atoms with E-state index in [2.05, 4.69) is 15.6 Å². The first kappa shape index (κ1) is 15.6. The van der Waals surface area contributed by atoms with Crippen LogP contribution in [0.4, 0.5) is 10.5 Å². The van der Waals surface area contributed by atoms with Crippen LogP contribution in [0, 0.1) is 18.3 Å². The molecule has 3 aliphatic carbocycles. The minimum absolute atomic E-state index is 0.153. The number of carbonyl (C=O) groups is 2. The zero-order chi connectivity index (χ0) is 17.4. The number of pyridine rings is 1. The van der Waals surface area contributed by atoms with Gasteiger partial charge in [-0.05, 0) is 61.9 Å². The number of aromatic nitrogens is 1. The van der Waals surface area contributed by atoms with E-state index in [4.69, 9.17) is 4.74 Å². The van der Waals surface area contributed by atoms with Gasteiger partial charge < -0.3 is 10.1 Å². The molecule has 2 aromatic rings. The smallest absolute Gasteiger partial charge is 0.325 e. The number of benzene rings is 1. The van der Waals surface area contributed by atoms with E-state index in [0.717, 1.165) is 24.8 Å². The second kappa shape index (κ2) is 5.88. The predicted octanol–water partition coefficient (Wildman–Crippen LogP) is 3.63. The van der Waals surface area contributed by atoms with Crippen molar-refractivity contribution >= 4 is 17.6 Å². The third kappa shape index (κ3) is 2.95. The molecule has 3 amide bonds. The first-order valence-electron chi connectivity index (χ1n) is 8.36. The molecule has 0 radical (unpaired) electrons. The first-order valence-corrected chi connectivity index (χ1v) is 8.36. The van der Waals surface area contributed by atoms with Gasteiger partial charge in [-0.15, -0.1) is 0 Å². The fourth-order valence-electron chi connectivity index (χ4n) is 3.52. The lowest BCUT2D eigenvalue weighted by Gasteiger charge is -2.59. The molecule has 5 rings (SSSR count). The van der Waals surface area contributed by atoms with E-state index >= 15 is 0 Å². The van der Waals surface area contributed by atoms with Crippen molar-refractivity contribution in [2.24, 2.45) is 11.3 Å². The average molecular weight is 337 g/mol. The molecular weight excluding hydrogens is 318 g/mol. The Hall–Kier alpha value is -2.89. The van der Waals surface area contributed by atoms with Crippen LogP contribution in [0.1, 0.15) is 24.8 Å². The molecule has 25 heavy (non-hydrogen) atoms. The van der Waals surface area contributed by atoms with Crippen molar-refractivity contribution in [1.82, 2.24) is 10.3 Å². The summed E-state index contributed by atoms with van der Waals surface area (Å²) < 4.78 is 5.71. The molecule has 1 aromatic heterocycles. The lowest BCUT2D eigenvalue weighted by molar-refractivity contribution is -0.163. The van der Waals surface area contributed by atoms with Gasteiger partial charge in [0.05, 0.1) is 5.41 Å². The van der Waals surface area contributed by atoms with E-state index in [9.17, 15) is 9.59 Å². The number of aryl methyl sites for hydroxylation is 1. The Morgan fingerprint density at radius 1 is 1.20 bits per heavy atom. The number of carbonyl (C=O) groups excluding carboxylic acids is 2. The minimum atomic E-state index is -0.493. The van der Waals surface area contributed by atoms with Gasteiger partial charge in [0.15, 0.2) is 0 Å². The van der Waals surface area contributed by atoms with Crippen molar-refractivity contribution in [3.05, 3.63) is 48.2 Å². The van der Waals surface area contributed by atoms with Gasteiger partial charge in [-0.2, -0.15) is 0 Å². The molecule has 0 saturated heterocycles. The molecule has 0 spiro atoms. The Balaban J connectivity index is 1.37. The van der Waals surface area contributed by atoms with Gasteiger partial charge in [-0.1, -0.05) is 6.07 Å². The van der Waals surface area contributed by atoms with Crippen molar-refractivity contribution in [1.29, 1.82) is 0 Å². The number of nitrogens with one attached hydrogen (secondary N) is 2. The SMILES string of the molecule is Cc1cc(NC(=O)NC(=O)C23CC(C2)C3)ccc1Oc1ccccn1. The molecule has 6 nitrogen and oxygen atoms in total. The predicted molar refractivity (Wildman–Crippen MR) is 92.4 cm³/mol. The average Bonchev–Trinajstić information content (AvgIpc) is 2.47. The molecule has 2 N–H and O–H groups in total. The van der Waals surface area contributed by atoms with E-state index in [1.807, 2.05) is 19.1 Å². The number of hydrogen-bond donors (Lipinski definition) is 2. The van der Waals surface area contributed by atoms with Gasteiger partial charge >= 0.3 is 6.03 Å². The second-order valence-corrected chi connectivity index (χ2v) is 6.92. The Bertz CT molecular complexity index is 818. The third-order valence-electron chi connectivity index (χ3n) is 5.03. The van der Waals surface area contributed by atoms with Crippen LogP contribution in [0.5, 0.6) is 11.6 Å². The van der Waals surface area contributed by atoms with Crippen molar-refractivity contribution in [3.63, 3.8) is 0 Å². The lowest BCUT2D eigenvalue weighted by Crippen LogP contribution is -2.61. The maximum absolute atomic E-state index is 12.1. The zero-order valence-electron chi connectivity index (χ0n) is 13.9. The van der Waals surface area contributed by atoms with Gasteiger partial charge in [-0.25, -0.2) is 9.78 Å². The van der Waals surface area contributed by atoms with Crippen LogP contribution < -0.4 is 15.4 Å². The van der Waals surface area contributed by atoms with Crippen LogP contribution in [-0.4, -0.2) is 16.9 Å². The third-order valence-corrected chi connectivity index (χ3v) is 5.03. The fourth-order valence-corrected chi connectivity index (χ4v) is 3.52. The zero-order valence-corrected chi connectivity index (χ0v) is 13.9. The van der Waals surface area contributed by atoms with Gasteiger partial charge in [0.2, 0.25) is 11.8 Å². The summed E-state index contributed by atoms with van der Waals surface area (Å²) in [6, 6.07) is 10.2. The molecule has 2 bridgehead atoms. The lowest BCUT2D eigenvalue weighted by atomic mass is 9.44. The number of nitrogens with zero attached hydrogens (tertiary/aromatic N) is 1. The molecule has 1 aromatic carbocycles. The van der Waals surface area contributed by atoms with E-state index in [1.165, 1.54) is 0 Å². The monoisotopic (exact) mass is 337 g/mol. The highest BCUT2D eigenvalue weighted by Gasteiger charge is 2.61. The van der Waals surface area contributed by atoms with Crippen LogP contribution in [0.25, 0.3) is 0 Å². The van der Waals surface area contributed by atoms with E-state index in [-0.39, 0.29) is 11.3 Å². The maximum Gasteiger partial charge on any atom is 0.325 e. The van der Waals surface area contributed by atoms with Crippen LogP contribution in [0.2, 0.25) is 0 Å². The van der Waals surface area contributed by atoms with Gasteiger partial charge in [-0.3, -0.25) is 10.1 Å². The summed E-state index contributed by atoms with van der Waals surface area (Å²) in [4.78, 5) is 28.3. The van der Waals surface area contributed by atoms with Crippen molar-refractivity contribution < 1.29 is 14.3 Å². The van der Waals surface area contributed by atoms with Crippen LogP contribution in [0.15, 0.2) is 42.6 Å². The minimum Gasteiger partial charge on any atom is -0.439 e. The Morgan fingerprint density at radius 2 is 2.00 bits per heavy atom. The summed E-state index contributed by atoms with van der Waals surface area (Å²) in [5, 5.41) is 5.15. The van der Waals surface area contributed by atoms with Crippen LogP contribution >= 0.6 is 0 Å².